The van der Waals surface area contributed by atoms with Gasteiger partial charge in [-0.15, -0.1) is 45.3 Å². The largest absolute Gasteiger partial charge is 0.183 e. The van der Waals surface area contributed by atoms with Gasteiger partial charge in [0, 0.05) is 55.7 Å². The van der Waals surface area contributed by atoms with Crippen LogP contribution in [0.2, 0.25) is 0 Å². The van der Waals surface area contributed by atoms with Gasteiger partial charge in [-0.05, 0) is 111 Å². The number of benzene rings is 2. The molecule has 0 radical (unpaired) electrons. The van der Waals surface area contributed by atoms with E-state index in [0.717, 1.165) is 40.9 Å². The van der Waals surface area contributed by atoms with E-state index in [0.29, 0.717) is 5.92 Å². The first-order valence-corrected chi connectivity index (χ1v) is 38.3. The van der Waals surface area contributed by atoms with Crippen LogP contribution in [-0.2, 0) is 43.6 Å². The molecule has 0 spiro atoms. The molecule has 5 nitrogen and oxygen atoms in total. The normalized spacial score (nSPS) is 12.8. The molecule has 6 heterocycles. The Morgan fingerprint density at radius 3 is 1.39 bits per heavy atom. The molecule has 0 aliphatic carbocycles. The molecule has 0 saturated carbocycles. The molecule has 82 heavy (non-hydrogen) atoms. The SMILES string of the molecule is CCCCCCCCCCc1cc(-c2c3cc(-c4c5c(cc6nn(CC(CC)CCCC)nc46)N=S=N5)sc3c(-c3cc(CCCCCCCCCC)c(CCCCCCCCCC)s3)c3ccsc23)sc1CCCCCCCCCC. The average molecular weight is 1200 g/mol. The van der Waals surface area contributed by atoms with Gasteiger partial charge >= 0.3 is 0 Å². The molecule has 5 aromatic heterocycles. The fourth-order valence-electron chi connectivity index (χ4n) is 12.9. The van der Waals surface area contributed by atoms with Crippen LogP contribution in [0.4, 0.5) is 11.4 Å². The van der Waals surface area contributed by atoms with Gasteiger partial charge in [0.25, 0.3) is 0 Å². The Morgan fingerprint density at radius 1 is 0.427 bits per heavy atom. The molecule has 1 unspecified atom stereocenters. The van der Waals surface area contributed by atoms with Crippen LogP contribution in [0.25, 0.3) is 62.5 Å². The molecule has 1 aliphatic heterocycles. The quantitative estimate of drug-likeness (QED) is 0.0357. The van der Waals surface area contributed by atoms with Crippen molar-refractivity contribution in [3.05, 3.63) is 56.6 Å². The van der Waals surface area contributed by atoms with E-state index in [2.05, 4.69) is 99.9 Å². The maximum Gasteiger partial charge on any atom is 0.124 e. The Hall–Kier alpha value is -3.02. The first-order chi connectivity index (χ1) is 40.5. The Kier molecular flexibility index (Phi) is 28.7. The molecular formula is C72H107N5S5. The predicted molar refractivity (Wildman–Crippen MR) is 370 cm³/mol. The second-order valence-electron chi connectivity index (χ2n) is 24.7. The maximum atomic E-state index is 5.42. The number of hydrogen-bond acceptors (Lipinski definition) is 8. The molecule has 0 fully saturated rings. The summed E-state index contributed by atoms with van der Waals surface area (Å²) in [5, 5.41) is 15.9. The number of aryl methyl sites for hydroxylation is 4. The Balaban J connectivity index is 1.22. The van der Waals surface area contributed by atoms with Crippen LogP contribution < -0.4 is 0 Å². The molecule has 1 aliphatic rings. The van der Waals surface area contributed by atoms with Gasteiger partial charge < -0.3 is 0 Å². The van der Waals surface area contributed by atoms with E-state index in [-0.39, 0.29) is 0 Å². The van der Waals surface area contributed by atoms with Crippen LogP contribution in [0.15, 0.2) is 44.4 Å². The molecule has 8 rings (SSSR count). The highest BCUT2D eigenvalue weighted by molar-refractivity contribution is 7.58. The summed E-state index contributed by atoms with van der Waals surface area (Å²) in [6.45, 7) is 14.8. The van der Waals surface area contributed by atoms with Crippen molar-refractivity contribution in [2.24, 2.45) is 14.6 Å². The van der Waals surface area contributed by atoms with E-state index in [1.807, 2.05) is 27.5 Å². The van der Waals surface area contributed by atoms with Crippen LogP contribution >= 0.6 is 45.3 Å². The minimum Gasteiger partial charge on any atom is -0.183 e. The smallest absolute Gasteiger partial charge is 0.124 e. The standard InChI is InChI=1S/C72H107N5S5/c1-7-13-18-22-26-30-34-38-43-55-49-63(79-61(55)45-40-36-32-28-24-20-15-9-3)66-57-47-48-78-71(57)67(64-50-56(44-39-35-31-27-23-19-14-8-2)62(80-64)46-41-37-33-29-25-21-16-10-4)58-51-65(81-72(58)66)68-69-59(52-60-70(68)76-82-75-60)73-77(74-69)53-54(12-6)42-17-11-5/h47-52,54H,7-46,53H2,1-6H3. The fourth-order valence-corrected chi connectivity index (χ4v) is 18.4. The third kappa shape index (κ3) is 18.5. The summed E-state index contributed by atoms with van der Waals surface area (Å²) in [6, 6.07) is 12.6. The van der Waals surface area contributed by atoms with Crippen molar-refractivity contribution in [2.75, 3.05) is 0 Å². The van der Waals surface area contributed by atoms with Gasteiger partial charge in [0.05, 0.1) is 23.5 Å². The highest BCUT2D eigenvalue weighted by Gasteiger charge is 2.28. The molecule has 2 aromatic carbocycles. The topological polar surface area (TPSA) is 55.4 Å². The lowest BCUT2D eigenvalue weighted by atomic mass is 9.97. The summed E-state index contributed by atoms with van der Waals surface area (Å²) in [4.78, 5) is 9.50. The molecule has 7 aromatic rings. The zero-order chi connectivity index (χ0) is 57.1. The zero-order valence-corrected chi connectivity index (χ0v) is 56.4. The van der Waals surface area contributed by atoms with Crippen LogP contribution in [0, 0.1) is 5.92 Å². The number of unbranched alkanes of at least 4 members (excludes halogenated alkanes) is 29. The van der Waals surface area contributed by atoms with Crippen molar-refractivity contribution in [1.29, 1.82) is 0 Å². The third-order valence-corrected chi connectivity index (χ3v) is 23.1. The predicted octanol–water partition coefficient (Wildman–Crippen LogP) is 26.7. The molecule has 0 bridgehead atoms. The van der Waals surface area contributed by atoms with Crippen molar-refractivity contribution < 1.29 is 0 Å². The Morgan fingerprint density at radius 2 is 0.890 bits per heavy atom. The van der Waals surface area contributed by atoms with E-state index in [1.54, 1.807) is 20.9 Å². The molecule has 10 heteroatoms. The second-order valence-corrected chi connectivity index (χ2v) is 29.5. The minimum atomic E-state index is 0.558. The molecule has 0 saturated heterocycles. The molecular weight excluding hydrogens is 1100 g/mol. The molecule has 0 N–H and O–H groups in total. The van der Waals surface area contributed by atoms with Crippen molar-refractivity contribution in [3.8, 4) is 31.3 Å². The summed E-state index contributed by atoms with van der Waals surface area (Å²) in [5.74, 6) is 0.558. The number of thiophene rings is 4. The van der Waals surface area contributed by atoms with Crippen molar-refractivity contribution in [3.63, 3.8) is 0 Å². The van der Waals surface area contributed by atoms with Crippen LogP contribution in [0.5, 0.6) is 0 Å². The summed E-state index contributed by atoms with van der Waals surface area (Å²) < 4.78 is 12.9. The van der Waals surface area contributed by atoms with Crippen LogP contribution in [-0.4, -0.2) is 15.0 Å². The number of rotatable bonds is 45. The molecule has 0 amide bonds. The zero-order valence-electron chi connectivity index (χ0n) is 52.3. The Bertz CT molecular complexity index is 2820. The van der Waals surface area contributed by atoms with Gasteiger partial charge in [0.2, 0.25) is 0 Å². The first kappa shape index (κ1) is 65.0. The second kappa shape index (κ2) is 36.2. The average Bonchev–Trinajstić information content (AvgIpc) is 2.61. The van der Waals surface area contributed by atoms with Crippen molar-refractivity contribution in [1.82, 2.24) is 15.0 Å². The molecule has 1 atom stereocenters. The number of nitrogens with zero attached hydrogens (tertiary/aromatic N) is 5. The highest BCUT2D eigenvalue weighted by atomic mass is 32.1. The number of hydrogen-bond donors (Lipinski definition) is 0. The lowest BCUT2D eigenvalue weighted by Crippen LogP contribution is -2.12. The van der Waals surface area contributed by atoms with Crippen LogP contribution in [0.3, 0.4) is 0 Å². The first-order valence-electron chi connectivity index (χ1n) is 34.2. The van der Waals surface area contributed by atoms with Crippen molar-refractivity contribution >= 4 is 99.3 Å². The van der Waals surface area contributed by atoms with Gasteiger partial charge in [-0.1, -0.05) is 241 Å². The van der Waals surface area contributed by atoms with E-state index >= 15 is 0 Å². The highest BCUT2D eigenvalue weighted by Crippen LogP contribution is 2.56. The summed E-state index contributed by atoms with van der Waals surface area (Å²) in [6.07, 6.45) is 53.2. The minimum absolute atomic E-state index is 0.558. The maximum absolute atomic E-state index is 5.42. The lowest BCUT2D eigenvalue weighted by molar-refractivity contribution is 0.351. The van der Waals surface area contributed by atoms with E-state index in [9.17, 15) is 0 Å². The number of aromatic nitrogens is 3. The van der Waals surface area contributed by atoms with Gasteiger partial charge in [0.15, 0.2) is 0 Å². The number of fused-ring (bicyclic) bond motifs is 4. The van der Waals surface area contributed by atoms with Gasteiger partial charge in [-0.2, -0.15) is 23.7 Å². The van der Waals surface area contributed by atoms with Crippen LogP contribution in [0.1, 0.15) is 294 Å². The Labute approximate surface area is 518 Å². The van der Waals surface area contributed by atoms with E-state index in [4.69, 9.17) is 18.9 Å². The van der Waals surface area contributed by atoms with Gasteiger partial charge in [-0.3, -0.25) is 0 Å². The van der Waals surface area contributed by atoms with E-state index in [1.165, 1.54) is 308 Å². The summed E-state index contributed by atoms with van der Waals surface area (Å²) in [5.41, 5.74) is 11.1. The summed E-state index contributed by atoms with van der Waals surface area (Å²) in [7, 11) is 0. The van der Waals surface area contributed by atoms with Gasteiger partial charge in [0.1, 0.15) is 22.4 Å². The fraction of sp³-hybridized carbons (Fsp3) is 0.667. The monoisotopic (exact) mass is 1200 g/mol. The van der Waals surface area contributed by atoms with Gasteiger partial charge in [-0.25, -0.2) is 0 Å². The third-order valence-electron chi connectivity index (χ3n) is 17.9. The van der Waals surface area contributed by atoms with Crippen molar-refractivity contribution in [2.45, 2.75) is 305 Å². The molecule has 450 valence electrons. The lowest BCUT2D eigenvalue weighted by Gasteiger charge is -2.12. The summed E-state index contributed by atoms with van der Waals surface area (Å²) >= 11 is 9.56. The van der Waals surface area contributed by atoms with E-state index < -0.39 is 0 Å².